The van der Waals surface area contributed by atoms with Crippen LogP contribution in [0.1, 0.15) is 35.7 Å². The van der Waals surface area contributed by atoms with Gasteiger partial charge in [0.2, 0.25) is 5.91 Å². The molecule has 3 nitrogen and oxygen atoms in total. The number of alkyl halides is 1. The third-order valence-corrected chi connectivity index (χ3v) is 5.13. The summed E-state index contributed by atoms with van der Waals surface area (Å²) in [6.45, 7) is 3.10. The Hall–Kier alpha value is -0.870. The molecule has 0 radical (unpaired) electrons. The van der Waals surface area contributed by atoms with Gasteiger partial charge in [-0.25, -0.2) is 0 Å². The number of carbonyl (C=O) groups excluding carboxylic acids is 1. The summed E-state index contributed by atoms with van der Waals surface area (Å²) in [6, 6.07) is 6.29. The van der Waals surface area contributed by atoms with Crippen LogP contribution in [0.2, 0.25) is 0 Å². The molecule has 102 valence electrons. The summed E-state index contributed by atoms with van der Waals surface area (Å²) in [7, 11) is 0. The smallest absolute Gasteiger partial charge is 0.224 e. The number of anilines is 1. The average molecular weight is 324 g/mol. The predicted octanol–water partition coefficient (Wildman–Crippen LogP) is 3.43. The Kier molecular flexibility index (Phi) is 3.63. The zero-order valence-corrected chi connectivity index (χ0v) is 12.6. The molecule has 4 heteroatoms. The number of hydrogen-bond donors (Lipinski definition) is 1. The number of benzene rings is 1. The number of halogens is 1. The maximum atomic E-state index is 11.4. The molecule has 2 aliphatic rings. The van der Waals surface area contributed by atoms with Gasteiger partial charge in [0.15, 0.2) is 0 Å². The molecular weight excluding hydrogens is 306 g/mol. The van der Waals surface area contributed by atoms with Gasteiger partial charge in [0.05, 0.1) is 10.9 Å². The molecule has 2 aliphatic heterocycles. The normalized spacial score (nSPS) is 27.8. The number of fused-ring (bicyclic) bond motifs is 1. The van der Waals surface area contributed by atoms with E-state index in [9.17, 15) is 4.79 Å². The van der Waals surface area contributed by atoms with Crippen LogP contribution in [-0.2, 0) is 16.0 Å². The Labute approximate surface area is 121 Å². The van der Waals surface area contributed by atoms with Crippen molar-refractivity contribution in [2.24, 2.45) is 5.92 Å². The zero-order chi connectivity index (χ0) is 13.4. The van der Waals surface area contributed by atoms with E-state index in [1.807, 2.05) is 6.07 Å². The highest BCUT2D eigenvalue weighted by Crippen LogP contribution is 2.38. The summed E-state index contributed by atoms with van der Waals surface area (Å²) in [5, 5.41) is 2.92. The van der Waals surface area contributed by atoms with E-state index in [4.69, 9.17) is 4.74 Å². The van der Waals surface area contributed by atoms with Gasteiger partial charge in [0.25, 0.3) is 0 Å². The minimum Gasteiger partial charge on any atom is -0.376 e. The van der Waals surface area contributed by atoms with Gasteiger partial charge in [-0.3, -0.25) is 4.79 Å². The Morgan fingerprint density at radius 1 is 1.42 bits per heavy atom. The van der Waals surface area contributed by atoms with Crippen LogP contribution in [0, 0.1) is 5.92 Å². The summed E-state index contributed by atoms with van der Waals surface area (Å²) < 4.78 is 5.83. The second-order valence-electron chi connectivity index (χ2n) is 5.47. The highest BCUT2D eigenvalue weighted by atomic mass is 79.9. The predicted molar refractivity (Wildman–Crippen MR) is 78.6 cm³/mol. The second kappa shape index (κ2) is 5.25. The first-order valence-corrected chi connectivity index (χ1v) is 7.75. The van der Waals surface area contributed by atoms with Gasteiger partial charge in [-0.1, -0.05) is 35.0 Å². The van der Waals surface area contributed by atoms with Crippen LogP contribution in [-0.4, -0.2) is 18.6 Å². The Balaban J connectivity index is 1.83. The molecule has 3 atom stereocenters. The van der Waals surface area contributed by atoms with E-state index in [2.05, 4.69) is 40.3 Å². The van der Waals surface area contributed by atoms with Crippen LogP contribution >= 0.6 is 15.9 Å². The quantitative estimate of drug-likeness (QED) is 0.847. The molecule has 1 saturated heterocycles. The van der Waals surface area contributed by atoms with Gasteiger partial charge in [-0.05, 0) is 36.0 Å². The van der Waals surface area contributed by atoms with Crippen molar-refractivity contribution in [3.63, 3.8) is 0 Å². The van der Waals surface area contributed by atoms with Crippen molar-refractivity contribution >= 4 is 27.5 Å². The number of aryl methyl sites for hydroxylation is 1. The summed E-state index contributed by atoms with van der Waals surface area (Å²) in [5.74, 6) is 0.698. The summed E-state index contributed by atoms with van der Waals surface area (Å²) in [5.41, 5.74) is 3.43. The van der Waals surface area contributed by atoms with Gasteiger partial charge in [0, 0.05) is 18.7 Å². The molecule has 0 bridgehead atoms. The van der Waals surface area contributed by atoms with E-state index in [-0.39, 0.29) is 16.8 Å². The van der Waals surface area contributed by atoms with Crippen LogP contribution < -0.4 is 5.32 Å². The van der Waals surface area contributed by atoms with Gasteiger partial charge in [-0.2, -0.15) is 0 Å². The fourth-order valence-corrected chi connectivity index (χ4v) is 3.81. The van der Waals surface area contributed by atoms with Gasteiger partial charge in [-0.15, -0.1) is 0 Å². The van der Waals surface area contributed by atoms with Crippen molar-refractivity contribution in [3.05, 3.63) is 29.3 Å². The van der Waals surface area contributed by atoms with Crippen LogP contribution in [0.4, 0.5) is 5.69 Å². The first-order valence-electron chi connectivity index (χ1n) is 6.83. The van der Waals surface area contributed by atoms with E-state index < -0.39 is 0 Å². The highest BCUT2D eigenvalue weighted by molar-refractivity contribution is 9.09. The van der Waals surface area contributed by atoms with Crippen molar-refractivity contribution in [1.29, 1.82) is 0 Å². The number of ether oxygens (including phenoxy) is 1. The number of nitrogens with one attached hydrogen (secondary N) is 1. The molecule has 0 aromatic heterocycles. The lowest BCUT2D eigenvalue weighted by atomic mass is 9.94. The van der Waals surface area contributed by atoms with E-state index in [0.717, 1.165) is 25.1 Å². The lowest BCUT2D eigenvalue weighted by molar-refractivity contribution is -0.116. The van der Waals surface area contributed by atoms with Crippen molar-refractivity contribution in [2.75, 3.05) is 11.9 Å². The first kappa shape index (κ1) is 13.1. The Bertz CT molecular complexity index is 503. The minimum atomic E-state index is 0.114. The monoisotopic (exact) mass is 323 g/mol. The van der Waals surface area contributed by atoms with E-state index in [1.165, 1.54) is 11.1 Å². The molecule has 3 unspecified atom stereocenters. The Morgan fingerprint density at radius 3 is 3.00 bits per heavy atom. The molecule has 1 N–H and O–H groups in total. The number of carbonyl (C=O) groups is 1. The lowest BCUT2D eigenvalue weighted by Crippen LogP contribution is -2.21. The van der Waals surface area contributed by atoms with Crippen LogP contribution in [0.25, 0.3) is 0 Å². The molecule has 0 aliphatic carbocycles. The molecule has 0 saturated carbocycles. The van der Waals surface area contributed by atoms with E-state index in [0.29, 0.717) is 12.3 Å². The second-order valence-corrected chi connectivity index (χ2v) is 6.45. The van der Waals surface area contributed by atoms with Gasteiger partial charge >= 0.3 is 0 Å². The molecule has 1 amide bonds. The fourth-order valence-electron chi connectivity index (χ4n) is 2.86. The van der Waals surface area contributed by atoms with Gasteiger partial charge < -0.3 is 10.1 Å². The standard InChI is InChI=1S/C15H18BrNO2/c1-9-6-7-19-15(9)14(16)11-2-4-12-10(8-11)3-5-13(18)17-12/h2,4,8-9,14-15H,3,5-7H2,1H3,(H,17,18). The topological polar surface area (TPSA) is 38.3 Å². The van der Waals surface area contributed by atoms with Gasteiger partial charge in [0.1, 0.15) is 0 Å². The third kappa shape index (κ3) is 2.56. The summed E-state index contributed by atoms with van der Waals surface area (Å²) >= 11 is 3.78. The minimum absolute atomic E-state index is 0.114. The molecule has 1 aromatic rings. The van der Waals surface area contributed by atoms with E-state index >= 15 is 0 Å². The van der Waals surface area contributed by atoms with Crippen LogP contribution in [0.15, 0.2) is 18.2 Å². The molecule has 2 heterocycles. The van der Waals surface area contributed by atoms with Crippen LogP contribution in [0.3, 0.4) is 0 Å². The lowest BCUT2D eigenvalue weighted by Gasteiger charge is -2.24. The van der Waals surface area contributed by atoms with Crippen molar-refractivity contribution in [2.45, 2.75) is 37.1 Å². The molecule has 19 heavy (non-hydrogen) atoms. The molecule has 1 fully saturated rings. The zero-order valence-electron chi connectivity index (χ0n) is 11.0. The molecule has 3 rings (SSSR count). The van der Waals surface area contributed by atoms with E-state index in [1.54, 1.807) is 0 Å². The number of amides is 1. The highest BCUT2D eigenvalue weighted by Gasteiger charge is 2.31. The fraction of sp³-hybridized carbons (Fsp3) is 0.533. The third-order valence-electron chi connectivity index (χ3n) is 4.08. The summed E-state index contributed by atoms with van der Waals surface area (Å²) in [6.07, 6.45) is 2.79. The maximum Gasteiger partial charge on any atom is 0.224 e. The molecular formula is C15H18BrNO2. The molecule has 0 spiro atoms. The SMILES string of the molecule is CC1CCOC1C(Br)c1ccc2c(c1)CCC(=O)N2. The number of hydrogen-bond acceptors (Lipinski definition) is 2. The largest absolute Gasteiger partial charge is 0.376 e. The summed E-state index contributed by atoms with van der Waals surface area (Å²) in [4.78, 5) is 11.6. The maximum absolute atomic E-state index is 11.4. The first-order chi connectivity index (χ1) is 9.15. The molecule has 1 aromatic carbocycles. The number of rotatable bonds is 2. The Morgan fingerprint density at radius 2 is 2.26 bits per heavy atom. The van der Waals surface area contributed by atoms with Crippen LogP contribution in [0.5, 0.6) is 0 Å². The van der Waals surface area contributed by atoms with Crippen molar-refractivity contribution in [3.8, 4) is 0 Å². The van der Waals surface area contributed by atoms with Crippen molar-refractivity contribution in [1.82, 2.24) is 0 Å². The van der Waals surface area contributed by atoms with Crippen molar-refractivity contribution < 1.29 is 9.53 Å². The average Bonchev–Trinajstić information content (AvgIpc) is 2.83.